The van der Waals surface area contributed by atoms with Gasteiger partial charge in [0, 0.05) is 38.3 Å². The van der Waals surface area contributed by atoms with Crippen LogP contribution < -0.4 is 10.2 Å². The Bertz CT molecular complexity index is 488. The number of carbonyl (C=O) groups excluding carboxylic acids is 1. The van der Waals surface area contributed by atoms with Gasteiger partial charge in [0.05, 0.1) is 11.7 Å². The standard InChI is InChI=1S/C14H20N4O/c1-10(2)17-6-7-18-11(9-17)8-13(19)16-12-4-3-5-15-14(12)18/h3-5,10-11H,6-9H2,1-2H3,(H,16,19)/t11-/m1/s1. The quantitative estimate of drug-likeness (QED) is 0.827. The summed E-state index contributed by atoms with van der Waals surface area (Å²) in [7, 11) is 0. The average Bonchev–Trinajstić information content (AvgIpc) is 2.53. The van der Waals surface area contributed by atoms with Crippen molar-refractivity contribution in [1.29, 1.82) is 0 Å². The summed E-state index contributed by atoms with van der Waals surface area (Å²) in [4.78, 5) is 21.2. The molecule has 1 fully saturated rings. The fourth-order valence-electron chi connectivity index (χ4n) is 2.94. The van der Waals surface area contributed by atoms with E-state index in [1.165, 1.54) is 0 Å². The molecule has 2 aliphatic rings. The van der Waals surface area contributed by atoms with E-state index in [-0.39, 0.29) is 11.9 Å². The number of pyridine rings is 1. The molecule has 5 heteroatoms. The molecule has 1 N–H and O–H groups in total. The van der Waals surface area contributed by atoms with Crippen molar-refractivity contribution in [1.82, 2.24) is 9.88 Å². The van der Waals surface area contributed by atoms with E-state index in [0.29, 0.717) is 12.5 Å². The number of anilines is 2. The van der Waals surface area contributed by atoms with Crippen molar-refractivity contribution < 1.29 is 4.79 Å². The van der Waals surface area contributed by atoms with E-state index < -0.39 is 0 Å². The van der Waals surface area contributed by atoms with Gasteiger partial charge >= 0.3 is 0 Å². The Morgan fingerprint density at radius 1 is 1.42 bits per heavy atom. The van der Waals surface area contributed by atoms with Gasteiger partial charge in [0.25, 0.3) is 0 Å². The lowest BCUT2D eigenvalue weighted by Crippen LogP contribution is -2.55. The topological polar surface area (TPSA) is 48.5 Å². The number of hydrogen-bond acceptors (Lipinski definition) is 4. The molecule has 1 saturated heterocycles. The molecule has 3 heterocycles. The summed E-state index contributed by atoms with van der Waals surface area (Å²) in [5.74, 6) is 1.01. The van der Waals surface area contributed by atoms with E-state index in [9.17, 15) is 4.79 Å². The first kappa shape index (κ1) is 12.4. The molecule has 102 valence electrons. The smallest absolute Gasteiger partial charge is 0.226 e. The lowest BCUT2D eigenvalue weighted by molar-refractivity contribution is -0.116. The Morgan fingerprint density at radius 3 is 3.05 bits per heavy atom. The summed E-state index contributed by atoms with van der Waals surface area (Å²) < 4.78 is 0. The minimum Gasteiger partial charge on any atom is -0.349 e. The molecule has 0 unspecified atom stereocenters. The van der Waals surface area contributed by atoms with Crippen molar-refractivity contribution in [3.05, 3.63) is 18.3 Å². The number of amides is 1. The second kappa shape index (κ2) is 4.81. The summed E-state index contributed by atoms with van der Waals surface area (Å²) in [6.07, 6.45) is 2.34. The SMILES string of the molecule is CC(C)N1CCN2c3ncccc3NC(=O)C[C@@H]2C1. The van der Waals surface area contributed by atoms with Crippen molar-refractivity contribution in [3.63, 3.8) is 0 Å². The lowest BCUT2D eigenvalue weighted by Gasteiger charge is -2.42. The summed E-state index contributed by atoms with van der Waals surface area (Å²) in [6.45, 7) is 7.30. The molecule has 0 aliphatic carbocycles. The fraction of sp³-hybridized carbons (Fsp3) is 0.571. The van der Waals surface area contributed by atoms with Crippen LogP contribution in [-0.2, 0) is 4.79 Å². The third-order valence-corrected chi connectivity index (χ3v) is 4.00. The molecule has 3 rings (SSSR count). The number of hydrogen-bond donors (Lipinski definition) is 1. The van der Waals surface area contributed by atoms with E-state index in [0.717, 1.165) is 31.1 Å². The summed E-state index contributed by atoms with van der Waals surface area (Å²) >= 11 is 0. The Labute approximate surface area is 113 Å². The predicted molar refractivity (Wildman–Crippen MR) is 75.3 cm³/mol. The van der Waals surface area contributed by atoms with Gasteiger partial charge in [-0.1, -0.05) is 0 Å². The van der Waals surface area contributed by atoms with Crippen LogP contribution in [0.4, 0.5) is 11.5 Å². The number of carbonyl (C=O) groups is 1. The van der Waals surface area contributed by atoms with Crippen molar-refractivity contribution >= 4 is 17.4 Å². The highest BCUT2D eigenvalue weighted by atomic mass is 16.1. The highest BCUT2D eigenvalue weighted by Gasteiger charge is 2.34. The van der Waals surface area contributed by atoms with Crippen molar-refractivity contribution in [2.24, 2.45) is 0 Å². The van der Waals surface area contributed by atoms with Gasteiger partial charge in [0.2, 0.25) is 5.91 Å². The van der Waals surface area contributed by atoms with Crippen LogP contribution in [0.2, 0.25) is 0 Å². The van der Waals surface area contributed by atoms with Crippen LogP contribution >= 0.6 is 0 Å². The lowest BCUT2D eigenvalue weighted by atomic mass is 10.1. The van der Waals surface area contributed by atoms with E-state index >= 15 is 0 Å². The minimum absolute atomic E-state index is 0.0901. The Morgan fingerprint density at radius 2 is 2.26 bits per heavy atom. The van der Waals surface area contributed by atoms with Gasteiger partial charge in [0.15, 0.2) is 5.82 Å². The first-order chi connectivity index (χ1) is 9.15. The molecule has 5 nitrogen and oxygen atoms in total. The number of rotatable bonds is 1. The van der Waals surface area contributed by atoms with Gasteiger partial charge in [-0.15, -0.1) is 0 Å². The van der Waals surface area contributed by atoms with Gasteiger partial charge in [0.1, 0.15) is 0 Å². The molecule has 0 radical (unpaired) electrons. The monoisotopic (exact) mass is 260 g/mol. The molecule has 1 aromatic heterocycles. The highest BCUT2D eigenvalue weighted by Crippen LogP contribution is 2.31. The third-order valence-electron chi connectivity index (χ3n) is 4.00. The van der Waals surface area contributed by atoms with E-state index in [1.54, 1.807) is 6.20 Å². The molecular weight excluding hydrogens is 240 g/mol. The molecule has 0 aromatic carbocycles. The van der Waals surface area contributed by atoms with Crippen molar-refractivity contribution in [2.45, 2.75) is 32.4 Å². The molecule has 1 aromatic rings. The molecule has 19 heavy (non-hydrogen) atoms. The van der Waals surface area contributed by atoms with Crippen LogP contribution in [0.5, 0.6) is 0 Å². The van der Waals surface area contributed by atoms with Crippen molar-refractivity contribution in [3.8, 4) is 0 Å². The maximum atomic E-state index is 12.0. The first-order valence-electron chi connectivity index (χ1n) is 6.90. The number of aromatic nitrogens is 1. The van der Waals surface area contributed by atoms with Crippen LogP contribution in [0.1, 0.15) is 20.3 Å². The van der Waals surface area contributed by atoms with Gasteiger partial charge in [-0.05, 0) is 26.0 Å². The summed E-state index contributed by atoms with van der Waals surface area (Å²) in [6, 6.07) is 4.55. The second-order valence-corrected chi connectivity index (χ2v) is 5.56. The summed E-state index contributed by atoms with van der Waals surface area (Å²) in [5.41, 5.74) is 0.841. The zero-order valence-electron chi connectivity index (χ0n) is 11.5. The molecule has 1 atom stereocenters. The average molecular weight is 260 g/mol. The number of nitrogens with zero attached hydrogens (tertiary/aromatic N) is 3. The molecule has 2 aliphatic heterocycles. The molecule has 0 saturated carbocycles. The zero-order chi connectivity index (χ0) is 13.4. The Hall–Kier alpha value is -1.62. The third kappa shape index (κ3) is 2.30. The minimum atomic E-state index is 0.0901. The molecule has 1 amide bonds. The van der Waals surface area contributed by atoms with Crippen LogP contribution in [0, 0.1) is 0 Å². The van der Waals surface area contributed by atoms with E-state index in [1.807, 2.05) is 12.1 Å². The van der Waals surface area contributed by atoms with Gasteiger partial charge in [-0.3, -0.25) is 9.69 Å². The van der Waals surface area contributed by atoms with Crippen LogP contribution in [0.15, 0.2) is 18.3 Å². The molecule has 0 spiro atoms. The van der Waals surface area contributed by atoms with E-state index in [2.05, 4.69) is 33.9 Å². The van der Waals surface area contributed by atoms with Gasteiger partial charge < -0.3 is 10.2 Å². The molecule has 0 bridgehead atoms. The molecular formula is C14H20N4O. The number of piperazine rings is 1. The van der Waals surface area contributed by atoms with Gasteiger partial charge in [-0.2, -0.15) is 0 Å². The Balaban J connectivity index is 1.92. The highest BCUT2D eigenvalue weighted by molar-refractivity contribution is 5.95. The van der Waals surface area contributed by atoms with Crippen LogP contribution in [-0.4, -0.2) is 47.5 Å². The maximum absolute atomic E-state index is 12.0. The normalized spacial score (nSPS) is 23.6. The predicted octanol–water partition coefficient (Wildman–Crippen LogP) is 1.32. The summed E-state index contributed by atoms with van der Waals surface area (Å²) in [5, 5.41) is 2.96. The second-order valence-electron chi connectivity index (χ2n) is 5.56. The fourth-order valence-corrected chi connectivity index (χ4v) is 2.94. The first-order valence-corrected chi connectivity index (χ1v) is 6.90. The Kier molecular flexibility index (Phi) is 3.14. The van der Waals surface area contributed by atoms with Crippen molar-refractivity contribution in [2.75, 3.05) is 29.9 Å². The number of nitrogens with one attached hydrogen (secondary N) is 1. The number of fused-ring (bicyclic) bond motifs is 3. The van der Waals surface area contributed by atoms with E-state index in [4.69, 9.17) is 0 Å². The van der Waals surface area contributed by atoms with Crippen LogP contribution in [0.25, 0.3) is 0 Å². The largest absolute Gasteiger partial charge is 0.349 e. The van der Waals surface area contributed by atoms with Gasteiger partial charge in [-0.25, -0.2) is 4.98 Å². The zero-order valence-corrected chi connectivity index (χ0v) is 11.5. The maximum Gasteiger partial charge on any atom is 0.226 e. The van der Waals surface area contributed by atoms with Crippen LogP contribution in [0.3, 0.4) is 0 Å².